The van der Waals surface area contributed by atoms with Gasteiger partial charge in [0.25, 0.3) is 5.91 Å². The van der Waals surface area contributed by atoms with Crippen molar-refractivity contribution in [3.63, 3.8) is 0 Å². The van der Waals surface area contributed by atoms with Crippen molar-refractivity contribution in [1.82, 2.24) is 10.2 Å². The van der Waals surface area contributed by atoms with Crippen LogP contribution in [0.2, 0.25) is 0 Å². The second-order valence-electron chi connectivity index (χ2n) is 12.3. The Balaban J connectivity index is 1.74. The zero-order valence-electron chi connectivity index (χ0n) is 26.5. The number of ether oxygens (including phenoxy) is 1. The first-order valence-corrected chi connectivity index (χ1v) is 15.2. The lowest BCUT2D eigenvalue weighted by Gasteiger charge is -2.34. The zero-order valence-corrected chi connectivity index (χ0v) is 26.5. The highest BCUT2D eigenvalue weighted by Gasteiger charge is 2.36. The lowest BCUT2D eigenvalue weighted by molar-refractivity contribution is -0.140. The van der Waals surface area contributed by atoms with Crippen LogP contribution in [0, 0.1) is 13.8 Å². The third-order valence-electron chi connectivity index (χ3n) is 7.16. The van der Waals surface area contributed by atoms with Gasteiger partial charge in [-0.25, -0.2) is 4.79 Å². The molecule has 4 aromatic rings. The normalized spacial score (nSPS) is 12.7. The number of hydrogen-bond donors (Lipinski definition) is 2. The molecule has 2 unspecified atom stereocenters. The Morgan fingerprint density at radius 2 is 1.45 bits per heavy atom. The van der Waals surface area contributed by atoms with Gasteiger partial charge in [-0.15, -0.1) is 0 Å². The molecule has 2 atom stereocenters. The molecule has 7 nitrogen and oxygen atoms in total. The largest absolute Gasteiger partial charge is 0.444 e. The number of hydrogen-bond acceptors (Lipinski definition) is 4. The highest BCUT2D eigenvalue weighted by atomic mass is 16.6. The summed E-state index contributed by atoms with van der Waals surface area (Å²) in [5, 5.41) is 7.96. The van der Waals surface area contributed by atoms with Gasteiger partial charge in [0.1, 0.15) is 17.7 Å². The highest BCUT2D eigenvalue weighted by Crippen LogP contribution is 2.28. The summed E-state index contributed by atoms with van der Waals surface area (Å²) in [6.07, 6.45) is 0.165. The Labute approximate surface area is 260 Å². The van der Waals surface area contributed by atoms with Crippen molar-refractivity contribution in [2.45, 2.75) is 72.1 Å². The van der Waals surface area contributed by atoms with E-state index in [0.717, 1.165) is 27.5 Å². The van der Waals surface area contributed by atoms with Crippen LogP contribution in [-0.4, -0.2) is 41.0 Å². The summed E-state index contributed by atoms with van der Waals surface area (Å²) >= 11 is 0. The number of carbonyl (C=O) groups is 3. The van der Waals surface area contributed by atoms with Gasteiger partial charge in [0, 0.05) is 18.7 Å². The number of nitrogens with zero attached hydrogens (tertiary/aromatic N) is 1. The number of fused-ring (bicyclic) bond motifs is 1. The van der Waals surface area contributed by atoms with Crippen LogP contribution in [0.3, 0.4) is 0 Å². The van der Waals surface area contributed by atoms with Gasteiger partial charge in [-0.05, 0) is 75.1 Å². The summed E-state index contributed by atoms with van der Waals surface area (Å²) < 4.78 is 5.53. The van der Waals surface area contributed by atoms with Crippen molar-refractivity contribution >= 4 is 34.4 Å². The second-order valence-corrected chi connectivity index (χ2v) is 12.3. The average Bonchev–Trinajstić information content (AvgIpc) is 2.95. The molecule has 0 spiro atoms. The van der Waals surface area contributed by atoms with Gasteiger partial charge in [-0.1, -0.05) is 96.9 Å². The Hall–Kier alpha value is -4.65. The Kier molecular flexibility index (Phi) is 10.4. The van der Waals surface area contributed by atoms with Gasteiger partial charge in [-0.3, -0.25) is 9.59 Å². The van der Waals surface area contributed by atoms with E-state index in [1.807, 2.05) is 112 Å². The summed E-state index contributed by atoms with van der Waals surface area (Å²) in [5.41, 5.74) is 3.45. The van der Waals surface area contributed by atoms with Crippen molar-refractivity contribution in [1.29, 1.82) is 0 Å². The predicted octanol–water partition coefficient (Wildman–Crippen LogP) is 7.51. The van der Waals surface area contributed by atoms with E-state index in [9.17, 15) is 14.4 Å². The molecule has 0 radical (unpaired) electrons. The molecular weight excluding hydrogens is 550 g/mol. The highest BCUT2D eigenvalue weighted by molar-refractivity contribution is 6.00. The van der Waals surface area contributed by atoms with Gasteiger partial charge in [0.15, 0.2) is 0 Å². The summed E-state index contributed by atoms with van der Waals surface area (Å²) in [6, 6.07) is 27.3. The number of rotatable bonds is 10. The maximum Gasteiger partial charge on any atom is 0.408 e. The molecule has 0 aromatic heterocycles. The monoisotopic (exact) mass is 593 g/mol. The second kappa shape index (κ2) is 14.2. The van der Waals surface area contributed by atoms with Gasteiger partial charge in [-0.2, -0.15) is 0 Å². The van der Waals surface area contributed by atoms with Gasteiger partial charge in [0.05, 0.1) is 0 Å². The number of benzene rings is 4. The number of alkyl carbamates (subject to hydrolysis) is 1. The summed E-state index contributed by atoms with van der Waals surface area (Å²) in [5.74, 6) is -0.692. The molecule has 4 aromatic carbocycles. The van der Waals surface area contributed by atoms with Crippen LogP contribution >= 0.6 is 0 Å². The van der Waals surface area contributed by atoms with Crippen molar-refractivity contribution in [2.75, 3.05) is 11.9 Å². The maximum absolute atomic E-state index is 14.5. The minimum atomic E-state index is -0.958. The molecule has 0 saturated heterocycles. The predicted molar refractivity (Wildman–Crippen MR) is 177 cm³/mol. The molecule has 0 heterocycles. The van der Waals surface area contributed by atoms with Crippen LogP contribution in [0.4, 0.5) is 10.5 Å². The quantitative estimate of drug-likeness (QED) is 0.199. The number of amides is 3. The van der Waals surface area contributed by atoms with Crippen molar-refractivity contribution in [2.24, 2.45) is 0 Å². The Morgan fingerprint density at radius 3 is 2.09 bits per heavy atom. The van der Waals surface area contributed by atoms with E-state index in [0.29, 0.717) is 24.2 Å². The van der Waals surface area contributed by atoms with Crippen LogP contribution < -0.4 is 10.6 Å². The smallest absolute Gasteiger partial charge is 0.408 e. The molecular formula is C37H43N3O4. The number of anilines is 1. The summed E-state index contributed by atoms with van der Waals surface area (Å²) in [7, 11) is 0. The molecule has 0 aliphatic carbocycles. The number of carbonyl (C=O) groups excluding carboxylic acids is 3. The van der Waals surface area contributed by atoms with Crippen molar-refractivity contribution in [3.05, 3.63) is 113 Å². The molecule has 44 heavy (non-hydrogen) atoms. The fourth-order valence-corrected chi connectivity index (χ4v) is 5.43. The first kappa shape index (κ1) is 32.3. The molecule has 4 rings (SSSR count). The average molecular weight is 594 g/mol. The fourth-order valence-electron chi connectivity index (χ4n) is 5.43. The van der Waals surface area contributed by atoms with Crippen molar-refractivity contribution < 1.29 is 19.1 Å². The maximum atomic E-state index is 14.5. The zero-order chi connectivity index (χ0) is 31.9. The van der Waals surface area contributed by atoms with E-state index < -0.39 is 23.8 Å². The number of nitrogens with one attached hydrogen (secondary N) is 2. The molecule has 0 aliphatic heterocycles. The van der Waals surface area contributed by atoms with Crippen LogP contribution in [-0.2, 0) is 20.7 Å². The first-order valence-electron chi connectivity index (χ1n) is 15.2. The minimum Gasteiger partial charge on any atom is -0.444 e. The van der Waals surface area contributed by atoms with Gasteiger partial charge < -0.3 is 20.3 Å². The summed E-state index contributed by atoms with van der Waals surface area (Å²) in [4.78, 5) is 43.4. The van der Waals surface area contributed by atoms with E-state index in [4.69, 9.17) is 4.74 Å². The van der Waals surface area contributed by atoms with E-state index >= 15 is 0 Å². The third kappa shape index (κ3) is 8.69. The molecule has 0 saturated carbocycles. The molecule has 3 amide bonds. The Morgan fingerprint density at radius 1 is 0.818 bits per heavy atom. The summed E-state index contributed by atoms with van der Waals surface area (Å²) in [6.45, 7) is 11.5. The van der Waals surface area contributed by atoms with E-state index in [1.165, 1.54) is 0 Å². The van der Waals surface area contributed by atoms with Crippen LogP contribution in [0.1, 0.15) is 62.4 Å². The minimum absolute atomic E-state index is 0.241. The van der Waals surface area contributed by atoms with Crippen molar-refractivity contribution in [3.8, 4) is 0 Å². The van der Waals surface area contributed by atoms with E-state index in [-0.39, 0.29) is 18.2 Å². The van der Waals surface area contributed by atoms with Gasteiger partial charge in [0.2, 0.25) is 5.91 Å². The standard InChI is InChI=1S/C37H43N3O4/c1-7-19-40(35(42)32(23-27-13-9-8-10-14-27)39-36(43)44-37(4,5)6)33(30-21-25(2)20-26(3)22-30)34(41)38-31-18-17-28-15-11-12-16-29(28)24-31/h8-18,20-22,24,32-33H,7,19,23H2,1-6H3,(H,38,41)(H,39,43). The number of aryl methyl sites for hydroxylation is 2. The Bertz CT molecular complexity index is 1590. The topological polar surface area (TPSA) is 87.7 Å². The van der Waals surface area contributed by atoms with E-state index in [1.54, 1.807) is 25.7 Å². The van der Waals surface area contributed by atoms with Crippen LogP contribution in [0.25, 0.3) is 10.8 Å². The molecule has 0 bridgehead atoms. The lowest BCUT2D eigenvalue weighted by atomic mass is 9.97. The molecule has 7 heteroatoms. The van der Waals surface area contributed by atoms with E-state index in [2.05, 4.69) is 10.6 Å². The SMILES string of the molecule is CCCN(C(=O)C(Cc1ccccc1)NC(=O)OC(C)(C)C)C(C(=O)Nc1ccc2ccccc2c1)c1cc(C)cc(C)c1. The van der Waals surface area contributed by atoms with Gasteiger partial charge >= 0.3 is 6.09 Å². The first-order chi connectivity index (χ1) is 20.9. The van der Waals surface area contributed by atoms with Crippen LogP contribution in [0.5, 0.6) is 0 Å². The van der Waals surface area contributed by atoms with Crippen LogP contribution in [0.15, 0.2) is 91.0 Å². The fraction of sp³-hybridized carbons (Fsp3) is 0.324. The molecule has 0 aliphatic rings. The molecule has 2 N–H and O–H groups in total. The lowest BCUT2D eigenvalue weighted by Crippen LogP contribution is -2.53. The molecule has 230 valence electrons. The third-order valence-corrected chi connectivity index (χ3v) is 7.16. The molecule has 0 fully saturated rings.